The van der Waals surface area contributed by atoms with Crippen LogP contribution in [0.1, 0.15) is 68.3 Å². The van der Waals surface area contributed by atoms with Gasteiger partial charge in [-0.15, -0.1) is 0 Å². The maximum atomic E-state index is 13.1. The molecule has 1 fully saturated rings. The summed E-state index contributed by atoms with van der Waals surface area (Å²) in [5, 5.41) is 5.81. The second-order valence-corrected chi connectivity index (χ2v) is 8.24. The van der Waals surface area contributed by atoms with Crippen LogP contribution in [0.25, 0.3) is 0 Å². The molecule has 1 heterocycles. The van der Waals surface area contributed by atoms with Gasteiger partial charge in [-0.2, -0.15) is 0 Å². The number of hydrogen-bond donors (Lipinski definition) is 2. The molecular weight excluding hydrogens is 404 g/mol. The Morgan fingerprint density at radius 3 is 2.56 bits per heavy atom. The van der Waals surface area contributed by atoms with Gasteiger partial charge in [0.15, 0.2) is 6.10 Å². The molecule has 172 valence electrons. The molecular formula is C26H34N2O4. The fraction of sp³-hybridized carbons (Fsp3) is 0.462. The lowest BCUT2D eigenvalue weighted by atomic mass is 9.98. The number of rotatable bonds is 10. The molecule has 3 unspecified atom stereocenters. The van der Waals surface area contributed by atoms with Gasteiger partial charge in [0.25, 0.3) is 11.8 Å². The molecule has 1 aliphatic heterocycles. The number of amides is 2. The number of carbonyl (C=O) groups excluding carboxylic acids is 2. The Balaban J connectivity index is 1.68. The van der Waals surface area contributed by atoms with E-state index in [4.69, 9.17) is 9.47 Å². The van der Waals surface area contributed by atoms with Crippen molar-refractivity contribution in [3.05, 3.63) is 59.7 Å². The van der Waals surface area contributed by atoms with Gasteiger partial charge in [-0.25, -0.2) is 0 Å². The monoisotopic (exact) mass is 438 g/mol. The average molecular weight is 439 g/mol. The second kappa shape index (κ2) is 11.7. The van der Waals surface area contributed by atoms with Gasteiger partial charge < -0.3 is 20.1 Å². The van der Waals surface area contributed by atoms with E-state index in [1.54, 1.807) is 24.3 Å². The summed E-state index contributed by atoms with van der Waals surface area (Å²) in [6, 6.07) is 14.9. The van der Waals surface area contributed by atoms with Crippen LogP contribution in [0.5, 0.6) is 5.75 Å². The van der Waals surface area contributed by atoms with Crippen LogP contribution in [0, 0.1) is 0 Å². The third-order valence-corrected chi connectivity index (χ3v) is 5.94. The van der Waals surface area contributed by atoms with Crippen molar-refractivity contribution >= 4 is 17.5 Å². The number of hydrogen-bond acceptors (Lipinski definition) is 4. The van der Waals surface area contributed by atoms with Gasteiger partial charge in [0.2, 0.25) is 0 Å². The number of ether oxygens (including phenoxy) is 2. The van der Waals surface area contributed by atoms with Crippen LogP contribution < -0.4 is 15.4 Å². The molecule has 3 rings (SSSR count). The van der Waals surface area contributed by atoms with Crippen molar-refractivity contribution in [2.75, 3.05) is 18.5 Å². The molecule has 0 aromatic heterocycles. The molecule has 2 amide bonds. The maximum absolute atomic E-state index is 13.1. The maximum Gasteiger partial charge on any atom is 0.265 e. The highest BCUT2D eigenvalue weighted by molar-refractivity contribution is 6.04. The number of benzene rings is 2. The summed E-state index contributed by atoms with van der Waals surface area (Å²) in [7, 11) is 0. The first-order chi connectivity index (χ1) is 15.5. The van der Waals surface area contributed by atoms with Gasteiger partial charge in [0.1, 0.15) is 5.75 Å². The molecule has 0 spiro atoms. The minimum atomic E-state index is -0.664. The van der Waals surface area contributed by atoms with Gasteiger partial charge in [-0.3, -0.25) is 9.59 Å². The second-order valence-electron chi connectivity index (χ2n) is 8.24. The minimum Gasteiger partial charge on any atom is -0.480 e. The van der Waals surface area contributed by atoms with E-state index in [0.29, 0.717) is 30.1 Å². The molecule has 3 atom stereocenters. The van der Waals surface area contributed by atoms with Crippen LogP contribution in [0.4, 0.5) is 5.69 Å². The summed E-state index contributed by atoms with van der Waals surface area (Å²) >= 11 is 0. The number of para-hydroxylation sites is 2. The molecule has 1 saturated heterocycles. The number of anilines is 1. The normalized spacial score (nSPS) is 17.4. The van der Waals surface area contributed by atoms with E-state index < -0.39 is 6.10 Å². The largest absolute Gasteiger partial charge is 0.480 e. The summed E-state index contributed by atoms with van der Waals surface area (Å²) in [6.45, 7) is 7.40. The van der Waals surface area contributed by atoms with E-state index >= 15 is 0 Å². The fourth-order valence-corrected chi connectivity index (χ4v) is 3.80. The molecule has 2 aromatic carbocycles. The van der Waals surface area contributed by atoms with Crippen LogP contribution in [0.2, 0.25) is 0 Å². The summed E-state index contributed by atoms with van der Waals surface area (Å²) in [4.78, 5) is 25.8. The molecule has 6 heteroatoms. The average Bonchev–Trinajstić information content (AvgIpc) is 3.34. The molecule has 0 saturated carbocycles. The summed E-state index contributed by atoms with van der Waals surface area (Å²) < 4.78 is 11.7. The van der Waals surface area contributed by atoms with Crippen molar-refractivity contribution < 1.29 is 19.1 Å². The lowest BCUT2D eigenvalue weighted by Gasteiger charge is -2.22. The van der Waals surface area contributed by atoms with E-state index in [9.17, 15) is 9.59 Å². The molecule has 0 radical (unpaired) electrons. The first-order valence-corrected chi connectivity index (χ1v) is 11.6. The van der Waals surface area contributed by atoms with Crippen LogP contribution in [-0.4, -0.2) is 37.2 Å². The Labute approximate surface area is 190 Å². The topological polar surface area (TPSA) is 76.7 Å². The van der Waals surface area contributed by atoms with Gasteiger partial charge in [-0.1, -0.05) is 51.1 Å². The van der Waals surface area contributed by atoms with Crippen molar-refractivity contribution in [1.29, 1.82) is 0 Å². The Bertz CT molecular complexity index is 908. The number of nitrogens with one attached hydrogen (secondary N) is 2. The Morgan fingerprint density at radius 2 is 1.84 bits per heavy atom. The zero-order valence-corrected chi connectivity index (χ0v) is 19.2. The zero-order chi connectivity index (χ0) is 22.9. The fourth-order valence-electron chi connectivity index (χ4n) is 3.80. The molecule has 32 heavy (non-hydrogen) atoms. The predicted molar refractivity (Wildman–Crippen MR) is 126 cm³/mol. The molecule has 6 nitrogen and oxygen atoms in total. The van der Waals surface area contributed by atoms with E-state index in [0.717, 1.165) is 37.2 Å². The highest BCUT2D eigenvalue weighted by atomic mass is 16.5. The summed E-state index contributed by atoms with van der Waals surface area (Å²) in [6.07, 6.45) is 2.86. The lowest BCUT2D eigenvalue weighted by molar-refractivity contribution is -0.122. The van der Waals surface area contributed by atoms with Gasteiger partial charge in [0, 0.05) is 13.2 Å². The van der Waals surface area contributed by atoms with Gasteiger partial charge in [0.05, 0.1) is 17.4 Å². The van der Waals surface area contributed by atoms with E-state index in [-0.39, 0.29) is 17.9 Å². The SMILES string of the molecule is CCC(Oc1ccccc1C(C)CC)C(=O)Nc1ccccc1C(=O)NCC1CCCO1. The van der Waals surface area contributed by atoms with Crippen LogP contribution in [-0.2, 0) is 9.53 Å². The predicted octanol–water partition coefficient (Wildman–Crippen LogP) is 4.91. The summed E-state index contributed by atoms with van der Waals surface area (Å²) in [5.74, 6) is 0.560. The van der Waals surface area contributed by atoms with Crippen LogP contribution >= 0.6 is 0 Å². The van der Waals surface area contributed by atoms with Gasteiger partial charge in [-0.05, 0) is 55.4 Å². The van der Waals surface area contributed by atoms with Crippen molar-refractivity contribution in [1.82, 2.24) is 5.32 Å². The summed E-state index contributed by atoms with van der Waals surface area (Å²) in [5.41, 5.74) is 1.99. The third kappa shape index (κ3) is 6.10. The standard InChI is InChI=1S/C26H34N2O4/c1-4-18(3)20-12-7-9-15-24(20)32-23(5-2)26(30)28-22-14-8-6-13-21(22)25(29)27-17-19-11-10-16-31-19/h6-9,12-15,18-19,23H,4-5,10-11,16-17H2,1-3H3,(H,27,29)(H,28,30). The van der Waals surface area contributed by atoms with Crippen LogP contribution in [0.3, 0.4) is 0 Å². The smallest absolute Gasteiger partial charge is 0.265 e. The highest BCUT2D eigenvalue weighted by Crippen LogP contribution is 2.29. The molecule has 1 aliphatic rings. The minimum absolute atomic E-state index is 0.0594. The molecule has 0 aliphatic carbocycles. The third-order valence-electron chi connectivity index (χ3n) is 5.94. The van der Waals surface area contributed by atoms with E-state index in [2.05, 4.69) is 24.5 Å². The quantitative estimate of drug-likeness (QED) is 0.553. The van der Waals surface area contributed by atoms with E-state index in [1.807, 2.05) is 31.2 Å². The highest BCUT2D eigenvalue weighted by Gasteiger charge is 2.23. The Kier molecular flexibility index (Phi) is 8.68. The Hall–Kier alpha value is -2.86. The van der Waals surface area contributed by atoms with E-state index in [1.165, 1.54) is 0 Å². The number of carbonyl (C=O) groups is 2. The molecule has 2 aromatic rings. The van der Waals surface area contributed by atoms with Crippen molar-refractivity contribution in [2.24, 2.45) is 0 Å². The first kappa shape index (κ1) is 23.8. The Morgan fingerprint density at radius 1 is 1.09 bits per heavy atom. The molecule has 2 N–H and O–H groups in total. The first-order valence-electron chi connectivity index (χ1n) is 11.6. The van der Waals surface area contributed by atoms with Crippen molar-refractivity contribution in [2.45, 2.75) is 64.6 Å². The van der Waals surface area contributed by atoms with Gasteiger partial charge >= 0.3 is 0 Å². The lowest BCUT2D eigenvalue weighted by Crippen LogP contribution is -2.35. The van der Waals surface area contributed by atoms with Crippen LogP contribution in [0.15, 0.2) is 48.5 Å². The van der Waals surface area contributed by atoms with Crippen molar-refractivity contribution in [3.8, 4) is 5.75 Å². The zero-order valence-electron chi connectivity index (χ0n) is 19.2. The van der Waals surface area contributed by atoms with Crippen molar-refractivity contribution in [3.63, 3.8) is 0 Å². The molecule has 0 bridgehead atoms.